The van der Waals surface area contributed by atoms with E-state index in [4.69, 9.17) is 23.2 Å². The van der Waals surface area contributed by atoms with Crippen LogP contribution in [0.25, 0.3) is 11.3 Å². The van der Waals surface area contributed by atoms with E-state index in [1.807, 2.05) is 30.3 Å². The summed E-state index contributed by atoms with van der Waals surface area (Å²) in [5.74, 6) is 0.370. The number of H-pyrrole nitrogens is 1. The van der Waals surface area contributed by atoms with Crippen LogP contribution in [-0.2, 0) is 0 Å². The van der Waals surface area contributed by atoms with Crippen LogP contribution >= 0.6 is 23.2 Å². The Labute approximate surface area is 161 Å². The average molecular weight is 389 g/mol. The van der Waals surface area contributed by atoms with Gasteiger partial charge in [0.1, 0.15) is 0 Å². The highest BCUT2D eigenvalue weighted by atomic mass is 35.5. The number of hydrogen-bond donors (Lipinski definition) is 3. The van der Waals surface area contributed by atoms with Gasteiger partial charge in [0.15, 0.2) is 0 Å². The minimum atomic E-state index is -0.370. The number of aromatic amines is 1. The van der Waals surface area contributed by atoms with Crippen molar-refractivity contribution in [3.8, 4) is 11.3 Å². The molecule has 7 heteroatoms. The first-order chi connectivity index (χ1) is 12.4. The highest BCUT2D eigenvalue weighted by Crippen LogP contribution is 2.26. The first-order valence-electron chi connectivity index (χ1n) is 8.11. The highest BCUT2D eigenvalue weighted by molar-refractivity contribution is 6.42. The van der Waals surface area contributed by atoms with Gasteiger partial charge in [-0.25, -0.2) is 4.79 Å². The first kappa shape index (κ1) is 18.3. The topological polar surface area (TPSA) is 69.8 Å². The van der Waals surface area contributed by atoms with Crippen LogP contribution in [0.3, 0.4) is 0 Å². The van der Waals surface area contributed by atoms with E-state index in [0.29, 0.717) is 27.3 Å². The Balaban J connectivity index is 1.71. The number of halogens is 2. The molecular formula is C19H18Cl2N4O. The molecule has 1 aromatic heterocycles. The second-order valence-corrected chi connectivity index (χ2v) is 6.97. The van der Waals surface area contributed by atoms with Gasteiger partial charge in [-0.15, -0.1) is 0 Å². The fourth-order valence-electron chi connectivity index (χ4n) is 2.40. The smallest absolute Gasteiger partial charge is 0.308 e. The van der Waals surface area contributed by atoms with Crippen molar-refractivity contribution in [1.29, 1.82) is 0 Å². The van der Waals surface area contributed by atoms with Gasteiger partial charge < -0.3 is 10.6 Å². The summed E-state index contributed by atoms with van der Waals surface area (Å²) in [6.45, 7) is 4.20. The molecule has 0 saturated heterocycles. The highest BCUT2D eigenvalue weighted by Gasteiger charge is 2.09. The van der Waals surface area contributed by atoms with Gasteiger partial charge in [-0.2, -0.15) is 5.10 Å². The third-order valence-corrected chi connectivity index (χ3v) is 4.55. The number of urea groups is 1. The summed E-state index contributed by atoms with van der Waals surface area (Å²) >= 11 is 11.8. The van der Waals surface area contributed by atoms with Crippen molar-refractivity contribution in [3.05, 3.63) is 64.3 Å². The lowest BCUT2D eigenvalue weighted by Gasteiger charge is -2.09. The Morgan fingerprint density at radius 2 is 1.73 bits per heavy atom. The molecule has 0 bridgehead atoms. The number of carbonyl (C=O) groups is 1. The number of carbonyl (C=O) groups excluding carboxylic acids is 1. The molecule has 26 heavy (non-hydrogen) atoms. The van der Waals surface area contributed by atoms with Crippen LogP contribution in [0.1, 0.15) is 25.5 Å². The molecule has 1 heterocycles. The number of aromatic nitrogens is 2. The predicted octanol–water partition coefficient (Wildman–Crippen LogP) is 6.15. The van der Waals surface area contributed by atoms with Crippen molar-refractivity contribution in [2.75, 3.05) is 10.6 Å². The number of hydrogen-bond acceptors (Lipinski definition) is 2. The summed E-state index contributed by atoms with van der Waals surface area (Å²) in [5, 5.41) is 13.7. The summed E-state index contributed by atoms with van der Waals surface area (Å²) in [6.07, 6.45) is 0. The first-order valence-corrected chi connectivity index (χ1v) is 8.87. The number of rotatable bonds is 4. The maximum atomic E-state index is 12.2. The molecule has 0 spiro atoms. The van der Waals surface area contributed by atoms with Crippen molar-refractivity contribution < 1.29 is 4.79 Å². The van der Waals surface area contributed by atoms with Crippen molar-refractivity contribution in [2.45, 2.75) is 19.8 Å². The molecular weight excluding hydrogens is 371 g/mol. The van der Waals surface area contributed by atoms with Crippen molar-refractivity contribution in [3.63, 3.8) is 0 Å². The van der Waals surface area contributed by atoms with E-state index in [1.54, 1.807) is 18.2 Å². The van der Waals surface area contributed by atoms with Crippen molar-refractivity contribution in [2.24, 2.45) is 0 Å². The fraction of sp³-hybridized carbons (Fsp3) is 0.158. The Morgan fingerprint density at radius 3 is 2.38 bits per heavy atom. The molecule has 0 saturated carbocycles. The number of amides is 2. The SMILES string of the molecule is CC(C)c1cc(-c2cccc(NC(=O)Nc3ccc(Cl)c(Cl)c3)c2)n[nH]1. The normalized spacial score (nSPS) is 10.8. The molecule has 0 aliphatic rings. The van der Waals surface area contributed by atoms with Crippen LogP contribution in [0.4, 0.5) is 16.2 Å². The Bertz CT molecular complexity index is 937. The van der Waals surface area contributed by atoms with E-state index in [9.17, 15) is 4.79 Å². The van der Waals surface area contributed by atoms with E-state index < -0.39 is 0 Å². The van der Waals surface area contributed by atoms with Gasteiger partial charge in [0.25, 0.3) is 0 Å². The zero-order chi connectivity index (χ0) is 18.7. The summed E-state index contributed by atoms with van der Waals surface area (Å²) in [6, 6.07) is 14.0. The zero-order valence-corrected chi connectivity index (χ0v) is 15.8. The quantitative estimate of drug-likeness (QED) is 0.501. The minimum Gasteiger partial charge on any atom is -0.308 e. The third kappa shape index (κ3) is 4.36. The molecule has 5 nitrogen and oxygen atoms in total. The molecule has 0 radical (unpaired) electrons. The summed E-state index contributed by atoms with van der Waals surface area (Å²) < 4.78 is 0. The molecule has 3 aromatic rings. The number of anilines is 2. The van der Waals surface area contributed by atoms with Crippen LogP contribution in [0.15, 0.2) is 48.5 Å². The standard InChI is InChI=1S/C19H18Cl2N4O/c1-11(2)17-10-18(25-24-17)12-4-3-5-13(8-12)22-19(26)23-14-6-7-15(20)16(21)9-14/h3-11H,1-2H3,(H,24,25)(H2,22,23,26). The molecule has 3 N–H and O–H groups in total. The molecule has 2 aromatic carbocycles. The summed E-state index contributed by atoms with van der Waals surface area (Å²) in [7, 11) is 0. The van der Waals surface area contributed by atoms with Crippen molar-refractivity contribution in [1.82, 2.24) is 10.2 Å². The number of nitrogens with one attached hydrogen (secondary N) is 3. The number of nitrogens with zero attached hydrogens (tertiary/aromatic N) is 1. The lowest BCUT2D eigenvalue weighted by atomic mass is 10.1. The van der Waals surface area contributed by atoms with Gasteiger partial charge in [-0.05, 0) is 42.3 Å². The van der Waals surface area contributed by atoms with Gasteiger partial charge in [-0.1, -0.05) is 49.2 Å². The second-order valence-electron chi connectivity index (χ2n) is 6.15. The minimum absolute atomic E-state index is 0.370. The molecule has 0 aliphatic carbocycles. The van der Waals surface area contributed by atoms with Crippen LogP contribution in [-0.4, -0.2) is 16.2 Å². The van der Waals surface area contributed by atoms with E-state index in [0.717, 1.165) is 17.0 Å². The largest absolute Gasteiger partial charge is 0.323 e. The maximum absolute atomic E-state index is 12.2. The summed E-state index contributed by atoms with van der Waals surface area (Å²) in [5.41, 5.74) is 4.04. The lowest BCUT2D eigenvalue weighted by molar-refractivity contribution is 0.262. The van der Waals surface area contributed by atoms with Gasteiger partial charge in [0.05, 0.1) is 15.7 Å². The Morgan fingerprint density at radius 1 is 1.00 bits per heavy atom. The maximum Gasteiger partial charge on any atom is 0.323 e. The fourth-order valence-corrected chi connectivity index (χ4v) is 2.70. The van der Waals surface area contributed by atoms with E-state index in [-0.39, 0.29) is 6.03 Å². The van der Waals surface area contributed by atoms with Gasteiger partial charge in [-0.3, -0.25) is 5.10 Å². The Kier molecular flexibility index (Phi) is 5.49. The summed E-state index contributed by atoms with van der Waals surface area (Å²) in [4.78, 5) is 12.2. The molecule has 0 unspecified atom stereocenters. The van der Waals surface area contributed by atoms with Gasteiger partial charge in [0, 0.05) is 22.6 Å². The van der Waals surface area contributed by atoms with Gasteiger partial charge >= 0.3 is 6.03 Å². The Hall–Kier alpha value is -2.50. The average Bonchev–Trinajstić information content (AvgIpc) is 3.09. The molecule has 0 atom stereocenters. The number of benzene rings is 2. The van der Waals surface area contributed by atoms with Crippen LogP contribution < -0.4 is 10.6 Å². The monoisotopic (exact) mass is 388 g/mol. The van der Waals surface area contributed by atoms with Crippen LogP contribution in [0.5, 0.6) is 0 Å². The zero-order valence-electron chi connectivity index (χ0n) is 14.3. The van der Waals surface area contributed by atoms with Crippen LogP contribution in [0, 0.1) is 0 Å². The van der Waals surface area contributed by atoms with E-state index >= 15 is 0 Å². The lowest BCUT2D eigenvalue weighted by Crippen LogP contribution is -2.19. The molecule has 0 aliphatic heterocycles. The van der Waals surface area contributed by atoms with E-state index in [2.05, 4.69) is 34.7 Å². The second kappa shape index (κ2) is 7.81. The van der Waals surface area contributed by atoms with Crippen molar-refractivity contribution >= 4 is 40.6 Å². The molecule has 3 rings (SSSR count). The molecule has 134 valence electrons. The van der Waals surface area contributed by atoms with Crippen LogP contribution in [0.2, 0.25) is 10.0 Å². The molecule has 2 amide bonds. The predicted molar refractivity (Wildman–Crippen MR) is 107 cm³/mol. The van der Waals surface area contributed by atoms with E-state index in [1.165, 1.54) is 0 Å². The molecule has 0 fully saturated rings. The van der Waals surface area contributed by atoms with Gasteiger partial charge in [0.2, 0.25) is 0 Å². The third-order valence-electron chi connectivity index (χ3n) is 3.81.